The molecule has 0 N–H and O–H groups in total. The quantitative estimate of drug-likeness (QED) is 0.299. The lowest BCUT2D eigenvalue weighted by Crippen LogP contribution is -2.10. The van der Waals surface area contributed by atoms with Gasteiger partial charge in [-0.15, -0.1) is 10.2 Å². The number of aryl methyl sites for hydroxylation is 2. The Morgan fingerprint density at radius 1 is 0.562 bits per heavy atom. The summed E-state index contributed by atoms with van der Waals surface area (Å²) in [4.78, 5) is 0. The van der Waals surface area contributed by atoms with Crippen molar-refractivity contribution in [3.63, 3.8) is 0 Å². The van der Waals surface area contributed by atoms with Crippen LogP contribution in [-0.4, -0.2) is 30.0 Å². The summed E-state index contributed by atoms with van der Waals surface area (Å²) in [5.74, 6) is 0. The molecule has 0 fully saturated rings. The average Bonchev–Trinajstić information content (AvgIpc) is 3.47. The van der Waals surface area contributed by atoms with Crippen LogP contribution in [0, 0.1) is 0 Å². The van der Waals surface area contributed by atoms with Gasteiger partial charge in [0.2, 0.25) is 0 Å². The van der Waals surface area contributed by atoms with E-state index in [1.54, 1.807) is 12.4 Å². The number of rotatable bonds is 13. The smallest absolute Gasteiger partial charge is 0.0905 e. The van der Waals surface area contributed by atoms with Crippen molar-refractivity contribution >= 4 is 0 Å². The van der Waals surface area contributed by atoms with Crippen LogP contribution in [0.25, 0.3) is 0 Å². The van der Waals surface area contributed by atoms with E-state index in [2.05, 4.69) is 44.9 Å². The van der Waals surface area contributed by atoms with Crippen molar-refractivity contribution in [1.29, 1.82) is 0 Å². The molecule has 8 nitrogen and oxygen atoms in total. The summed E-state index contributed by atoms with van der Waals surface area (Å²) in [6.45, 7) is 3.72. The van der Waals surface area contributed by atoms with Crippen LogP contribution in [-0.2, 0) is 49.0 Å². The zero-order valence-corrected chi connectivity index (χ0v) is 18.1. The molecule has 166 valence electrons. The van der Waals surface area contributed by atoms with E-state index in [-0.39, 0.29) is 0 Å². The Balaban J connectivity index is 1.16. The number of unbranched alkanes of at least 4 members (excludes halogenated alkanes) is 1. The molecule has 4 aromatic rings. The van der Waals surface area contributed by atoms with E-state index >= 15 is 0 Å². The fraction of sp³-hybridized carbons (Fsp3) is 0.333. The molecule has 2 heterocycles. The van der Waals surface area contributed by atoms with Gasteiger partial charge in [-0.05, 0) is 24.0 Å². The number of benzene rings is 2. The van der Waals surface area contributed by atoms with Gasteiger partial charge in [-0.2, -0.15) is 0 Å². The molecule has 8 heteroatoms. The SMILES string of the molecule is c1ccc(COCc2cnnn2CCCCn2nncc2COCc2ccccc2)cc1. The first-order chi connectivity index (χ1) is 15.9. The minimum absolute atomic E-state index is 0.494. The van der Waals surface area contributed by atoms with E-state index in [1.165, 1.54) is 0 Å². The average molecular weight is 433 g/mol. The third kappa shape index (κ3) is 6.57. The van der Waals surface area contributed by atoms with Crippen molar-refractivity contribution in [2.24, 2.45) is 0 Å². The molecule has 0 aliphatic carbocycles. The molecule has 0 saturated heterocycles. The zero-order chi connectivity index (χ0) is 21.8. The van der Waals surface area contributed by atoms with E-state index in [4.69, 9.17) is 9.47 Å². The number of nitrogens with zero attached hydrogens (tertiary/aromatic N) is 6. The van der Waals surface area contributed by atoms with Gasteiger partial charge in [0.15, 0.2) is 0 Å². The highest BCUT2D eigenvalue weighted by Crippen LogP contribution is 2.08. The van der Waals surface area contributed by atoms with Gasteiger partial charge in [-0.3, -0.25) is 0 Å². The molecule has 0 amide bonds. The predicted molar refractivity (Wildman–Crippen MR) is 119 cm³/mol. The maximum atomic E-state index is 5.82. The molecule has 0 aliphatic heterocycles. The van der Waals surface area contributed by atoms with Crippen LogP contribution in [0.15, 0.2) is 73.1 Å². The fourth-order valence-corrected chi connectivity index (χ4v) is 3.38. The molecule has 2 aromatic heterocycles. The van der Waals surface area contributed by atoms with E-state index in [0.29, 0.717) is 26.4 Å². The topological polar surface area (TPSA) is 79.9 Å². The summed E-state index contributed by atoms with van der Waals surface area (Å²) in [6, 6.07) is 20.3. The highest BCUT2D eigenvalue weighted by Gasteiger charge is 2.07. The summed E-state index contributed by atoms with van der Waals surface area (Å²) >= 11 is 0. The summed E-state index contributed by atoms with van der Waals surface area (Å²) in [7, 11) is 0. The van der Waals surface area contributed by atoms with E-state index in [9.17, 15) is 0 Å². The van der Waals surface area contributed by atoms with Crippen LogP contribution in [0.2, 0.25) is 0 Å². The van der Waals surface area contributed by atoms with Crippen LogP contribution in [0.3, 0.4) is 0 Å². The lowest BCUT2D eigenvalue weighted by Gasteiger charge is -2.09. The second-order valence-electron chi connectivity index (χ2n) is 7.56. The summed E-state index contributed by atoms with van der Waals surface area (Å²) in [5, 5.41) is 16.5. The molecule has 32 heavy (non-hydrogen) atoms. The highest BCUT2D eigenvalue weighted by atomic mass is 16.5. The van der Waals surface area contributed by atoms with Crippen molar-refractivity contribution in [2.45, 2.75) is 52.4 Å². The first kappa shape index (κ1) is 21.9. The normalized spacial score (nSPS) is 11.1. The fourth-order valence-electron chi connectivity index (χ4n) is 3.38. The molecular weight excluding hydrogens is 404 g/mol. The first-order valence-corrected chi connectivity index (χ1v) is 10.9. The van der Waals surface area contributed by atoms with Gasteiger partial charge in [-0.1, -0.05) is 71.1 Å². The van der Waals surface area contributed by atoms with E-state index in [0.717, 1.165) is 48.4 Å². The highest BCUT2D eigenvalue weighted by molar-refractivity contribution is 5.14. The Bertz CT molecular complexity index is 963. The minimum atomic E-state index is 0.494. The molecule has 0 radical (unpaired) electrons. The zero-order valence-electron chi connectivity index (χ0n) is 18.1. The Hall–Kier alpha value is -3.36. The van der Waals surface area contributed by atoms with Gasteiger partial charge in [0.1, 0.15) is 0 Å². The van der Waals surface area contributed by atoms with Crippen LogP contribution in [0.4, 0.5) is 0 Å². The number of hydrogen-bond donors (Lipinski definition) is 0. The number of aromatic nitrogens is 6. The molecular formula is C24H28N6O2. The van der Waals surface area contributed by atoms with Gasteiger partial charge < -0.3 is 9.47 Å². The van der Waals surface area contributed by atoms with Crippen LogP contribution < -0.4 is 0 Å². The van der Waals surface area contributed by atoms with Crippen molar-refractivity contribution < 1.29 is 9.47 Å². The standard InChI is InChI=1S/C24H28N6O2/c1-3-9-21(10-4-1)17-31-19-23-15-25-27-29(23)13-7-8-14-30-24(16-26-28-30)20-32-18-22-11-5-2-6-12-22/h1-6,9-12,15-16H,7-8,13-14,17-20H2. The number of ether oxygens (including phenoxy) is 2. The summed E-state index contributed by atoms with van der Waals surface area (Å²) < 4.78 is 15.5. The van der Waals surface area contributed by atoms with Crippen molar-refractivity contribution in [1.82, 2.24) is 30.0 Å². The molecule has 0 aliphatic rings. The molecule has 0 unspecified atom stereocenters. The van der Waals surface area contributed by atoms with E-state index < -0.39 is 0 Å². The minimum Gasteiger partial charge on any atom is -0.370 e. The van der Waals surface area contributed by atoms with Crippen molar-refractivity contribution in [3.05, 3.63) is 95.6 Å². The number of hydrogen-bond acceptors (Lipinski definition) is 6. The van der Waals surface area contributed by atoms with E-state index in [1.807, 2.05) is 45.8 Å². The Labute approximate surface area is 187 Å². The van der Waals surface area contributed by atoms with Crippen LogP contribution in [0.1, 0.15) is 35.4 Å². The maximum Gasteiger partial charge on any atom is 0.0905 e. The lowest BCUT2D eigenvalue weighted by atomic mass is 10.2. The second-order valence-corrected chi connectivity index (χ2v) is 7.56. The monoisotopic (exact) mass is 432 g/mol. The predicted octanol–water partition coefficient (Wildman–Crippen LogP) is 3.78. The van der Waals surface area contributed by atoms with Crippen molar-refractivity contribution in [3.8, 4) is 0 Å². The first-order valence-electron chi connectivity index (χ1n) is 10.9. The second kappa shape index (κ2) is 11.9. The Morgan fingerprint density at radius 2 is 1.00 bits per heavy atom. The largest absolute Gasteiger partial charge is 0.370 e. The van der Waals surface area contributed by atoms with Gasteiger partial charge in [0.05, 0.1) is 50.2 Å². The third-order valence-electron chi connectivity index (χ3n) is 5.11. The Morgan fingerprint density at radius 3 is 1.44 bits per heavy atom. The van der Waals surface area contributed by atoms with Gasteiger partial charge in [0.25, 0.3) is 0 Å². The third-order valence-corrected chi connectivity index (χ3v) is 5.11. The summed E-state index contributed by atoms with van der Waals surface area (Å²) in [5.41, 5.74) is 4.28. The molecule has 4 rings (SSSR count). The summed E-state index contributed by atoms with van der Waals surface area (Å²) in [6.07, 6.45) is 5.45. The molecule has 0 spiro atoms. The van der Waals surface area contributed by atoms with Crippen molar-refractivity contribution in [2.75, 3.05) is 0 Å². The van der Waals surface area contributed by atoms with Gasteiger partial charge in [-0.25, -0.2) is 9.36 Å². The van der Waals surface area contributed by atoms with Crippen LogP contribution in [0.5, 0.6) is 0 Å². The molecule has 0 atom stereocenters. The maximum absolute atomic E-state index is 5.82. The van der Waals surface area contributed by atoms with Gasteiger partial charge in [0, 0.05) is 13.1 Å². The molecule has 0 saturated carbocycles. The van der Waals surface area contributed by atoms with Gasteiger partial charge >= 0.3 is 0 Å². The molecule has 0 bridgehead atoms. The van der Waals surface area contributed by atoms with Crippen LogP contribution >= 0.6 is 0 Å². The lowest BCUT2D eigenvalue weighted by molar-refractivity contribution is 0.100. The molecule has 2 aromatic carbocycles. The Kier molecular flexibility index (Phi) is 8.11.